The van der Waals surface area contributed by atoms with Crippen LogP contribution in [0.3, 0.4) is 0 Å². The van der Waals surface area contributed by atoms with Gasteiger partial charge >= 0.3 is 0 Å². The highest BCUT2D eigenvalue weighted by Crippen LogP contribution is 2.15. The molecular formula is C19H23N3O. The Hall–Kier alpha value is -2.49. The molecule has 2 aromatic rings. The summed E-state index contributed by atoms with van der Waals surface area (Å²) in [7, 11) is 0. The van der Waals surface area contributed by atoms with Crippen molar-refractivity contribution in [1.29, 1.82) is 0 Å². The molecule has 0 spiro atoms. The van der Waals surface area contributed by atoms with Crippen molar-refractivity contribution in [2.24, 2.45) is 4.99 Å². The summed E-state index contributed by atoms with van der Waals surface area (Å²) in [6.45, 7) is 4.44. The molecule has 2 aromatic carbocycles. The van der Waals surface area contributed by atoms with E-state index in [2.05, 4.69) is 46.8 Å². The second kappa shape index (κ2) is 7.68. The Bertz CT molecular complexity index is 655. The van der Waals surface area contributed by atoms with Gasteiger partial charge in [0.25, 0.3) is 0 Å². The van der Waals surface area contributed by atoms with Crippen molar-refractivity contribution >= 4 is 5.96 Å². The normalized spacial score (nSPS) is 16.6. The number of aliphatic imine (C=N–C) groups is 1. The number of rotatable bonds is 6. The predicted molar refractivity (Wildman–Crippen MR) is 93.8 cm³/mol. The van der Waals surface area contributed by atoms with Crippen molar-refractivity contribution in [2.45, 2.75) is 26.0 Å². The van der Waals surface area contributed by atoms with E-state index in [1.807, 2.05) is 30.3 Å². The molecule has 1 aliphatic rings. The van der Waals surface area contributed by atoms with Gasteiger partial charge in [-0.25, -0.2) is 0 Å². The third kappa shape index (κ3) is 4.74. The molecule has 0 saturated heterocycles. The monoisotopic (exact) mass is 309 g/mol. The summed E-state index contributed by atoms with van der Waals surface area (Å²) >= 11 is 0. The van der Waals surface area contributed by atoms with E-state index in [-0.39, 0.29) is 0 Å². The maximum atomic E-state index is 5.87. The van der Waals surface area contributed by atoms with Gasteiger partial charge in [0, 0.05) is 12.6 Å². The van der Waals surface area contributed by atoms with Crippen molar-refractivity contribution in [1.82, 2.24) is 10.6 Å². The third-order valence-corrected chi connectivity index (χ3v) is 3.76. The van der Waals surface area contributed by atoms with Crippen LogP contribution in [0.4, 0.5) is 0 Å². The van der Waals surface area contributed by atoms with Gasteiger partial charge in [-0.2, -0.15) is 0 Å². The average Bonchev–Trinajstić information content (AvgIpc) is 3.00. The van der Waals surface area contributed by atoms with E-state index < -0.39 is 0 Å². The first kappa shape index (κ1) is 15.4. The lowest BCUT2D eigenvalue weighted by molar-refractivity contribution is 0.306. The third-order valence-electron chi connectivity index (χ3n) is 3.76. The van der Waals surface area contributed by atoms with Crippen LogP contribution in [0.2, 0.25) is 0 Å². The molecule has 4 nitrogen and oxygen atoms in total. The Balaban J connectivity index is 1.47. The summed E-state index contributed by atoms with van der Waals surface area (Å²) in [5.41, 5.74) is 2.44. The summed E-state index contributed by atoms with van der Waals surface area (Å²) < 4.78 is 5.87. The van der Waals surface area contributed by atoms with Gasteiger partial charge in [-0.1, -0.05) is 42.5 Å². The zero-order chi connectivity index (χ0) is 15.9. The number of benzene rings is 2. The van der Waals surface area contributed by atoms with Gasteiger partial charge in [-0.05, 0) is 36.6 Å². The molecule has 0 saturated carbocycles. The minimum atomic E-state index is 0.437. The quantitative estimate of drug-likeness (QED) is 0.862. The molecule has 1 unspecified atom stereocenters. The molecule has 0 aliphatic carbocycles. The van der Waals surface area contributed by atoms with E-state index in [0.717, 1.165) is 31.2 Å². The Morgan fingerprint density at radius 2 is 1.96 bits per heavy atom. The molecule has 4 heteroatoms. The van der Waals surface area contributed by atoms with Gasteiger partial charge in [0.05, 0.1) is 6.54 Å². The predicted octanol–water partition coefficient (Wildman–Crippen LogP) is 2.75. The molecule has 120 valence electrons. The van der Waals surface area contributed by atoms with Gasteiger partial charge < -0.3 is 15.4 Å². The standard InChI is InChI=1S/C19H23N3O/c1-15-13-21-19(22-15)20-11-10-16-8-5-9-18(12-16)23-14-17-6-3-2-4-7-17/h2-9,12,15H,10-11,13-14H2,1H3,(H2,20,21,22). The molecule has 0 radical (unpaired) electrons. The van der Waals surface area contributed by atoms with Crippen molar-refractivity contribution < 1.29 is 4.74 Å². The van der Waals surface area contributed by atoms with Crippen molar-refractivity contribution in [3.8, 4) is 5.75 Å². The van der Waals surface area contributed by atoms with E-state index in [1.165, 1.54) is 11.1 Å². The highest BCUT2D eigenvalue weighted by molar-refractivity contribution is 5.81. The molecular weight excluding hydrogens is 286 g/mol. The number of ether oxygens (including phenoxy) is 1. The first-order valence-corrected chi connectivity index (χ1v) is 8.10. The first-order chi connectivity index (χ1) is 11.3. The summed E-state index contributed by atoms with van der Waals surface area (Å²) in [4.78, 5) is 4.40. The lowest BCUT2D eigenvalue weighted by Crippen LogP contribution is -2.38. The van der Waals surface area contributed by atoms with Crippen LogP contribution < -0.4 is 15.4 Å². The minimum Gasteiger partial charge on any atom is -0.489 e. The molecule has 3 rings (SSSR count). The lowest BCUT2D eigenvalue weighted by atomic mass is 10.1. The van der Waals surface area contributed by atoms with Crippen LogP contribution in [-0.2, 0) is 13.0 Å². The van der Waals surface area contributed by atoms with Gasteiger partial charge in [-0.3, -0.25) is 4.99 Å². The maximum Gasteiger partial charge on any atom is 0.191 e. The number of hydrogen-bond donors (Lipinski definition) is 2. The average molecular weight is 309 g/mol. The summed E-state index contributed by atoms with van der Waals surface area (Å²) in [6.07, 6.45) is 0.942. The van der Waals surface area contributed by atoms with Crippen LogP contribution in [0.15, 0.2) is 59.6 Å². The molecule has 0 bridgehead atoms. The fourth-order valence-electron chi connectivity index (χ4n) is 2.52. The Morgan fingerprint density at radius 3 is 2.74 bits per heavy atom. The van der Waals surface area contributed by atoms with Crippen LogP contribution in [0.1, 0.15) is 18.1 Å². The summed E-state index contributed by atoms with van der Waals surface area (Å²) in [5, 5.41) is 6.64. The maximum absolute atomic E-state index is 5.87. The van der Waals surface area contributed by atoms with Gasteiger partial charge in [0.15, 0.2) is 5.96 Å². The van der Waals surface area contributed by atoms with E-state index in [0.29, 0.717) is 12.6 Å². The van der Waals surface area contributed by atoms with Crippen molar-refractivity contribution in [2.75, 3.05) is 13.1 Å². The zero-order valence-corrected chi connectivity index (χ0v) is 13.5. The van der Waals surface area contributed by atoms with Crippen LogP contribution in [-0.4, -0.2) is 25.1 Å². The molecule has 23 heavy (non-hydrogen) atoms. The smallest absolute Gasteiger partial charge is 0.191 e. The van der Waals surface area contributed by atoms with Gasteiger partial charge in [0.2, 0.25) is 0 Å². The number of guanidine groups is 1. The first-order valence-electron chi connectivity index (χ1n) is 8.10. The lowest BCUT2D eigenvalue weighted by Gasteiger charge is -2.10. The Kier molecular flexibility index (Phi) is 5.14. The fourth-order valence-corrected chi connectivity index (χ4v) is 2.52. The van der Waals surface area contributed by atoms with Crippen LogP contribution in [0.25, 0.3) is 0 Å². The largest absolute Gasteiger partial charge is 0.489 e. The second-order valence-electron chi connectivity index (χ2n) is 5.83. The van der Waals surface area contributed by atoms with Crippen molar-refractivity contribution in [3.05, 3.63) is 65.7 Å². The van der Waals surface area contributed by atoms with E-state index in [1.54, 1.807) is 0 Å². The number of hydrogen-bond acceptors (Lipinski definition) is 4. The SMILES string of the molecule is CC1CN=C(NCCc2cccc(OCc3ccccc3)c2)N1. The van der Waals surface area contributed by atoms with E-state index >= 15 is 0 Å². The van der Waals surface area contributed by atoms with Crippen LogP contribution >= 0.6 is 0 Å². The fraction of sp³-hybridized carbons (Fsp3) is 0.316. The molecule has 0 aromatic heterocycles. The van der Waals surface area contributed by atoms with Crippen LogP contribution in [0, 0.1) is 0 Å². The molecule has 1 heterocycles. The van der Waals surface area contributed by atoms with Crippen LogP contribution in [0.5, 0.6) is 5.75 Å². The molecule has 1 aliphatic heterocycles. The highest BCUT2D eigenvalue weighted by Gasteiger charge is 2.11. The molecule has 1 atom stereocenters. The Morgan fingerprint density at radius 1 is 1.13 bits per heavy atom. The second-order valence-corrected chi connectivity index (χ2v) is 5.83. The minimum absolute atomic E-state index is 0.437. The molecule has 0 fully saturated rings. The zero-order valence-electron chi connectivity index (χ0n) is 13.5. The van der Waals surface area contributed by atoms with E-state index in [4.69, 9.17) is 4.74 Å². The topological polar surface area (TPSA) is 45.7 Å². The van der Waals surface area contributed by atoms with E-state index in [9.17, 15) is 0 Å². The number of nitrogens with zero attached hydrogens (tertiary/aromatic N) is 1. The number of nitrogens with one attached hydrogen (secondary N) is 2. The van der Waals surface area contributed by atoms with Crippen molar-refractivity contribution in [3.63, 3.8) is 0 Å². The summed E-state index contributed by atoms with van der Waals surface area (Å²) in [6, 6.07) is 18.9. The van der Waals surface area contributed by atoms with Gasteiger partial charge in [0.1, 0.15) is 12.4 Å². The summed E-state index contributed by atoms with van der Waals surface area (Å²) in [5.74, 6) is 1.82. The molecule has 2 N–H and O–H groups in total. The molecule has 0 amide bonds. The van der Waals surface area contributed by atoms with Gasteiger partial charge in [-0.15, -0.1) is 0 Å². The Labute approximate surface area is 137 Å². The highest BCUT2D eigenvalue weighted by atomic mass is 16.5.